The molecule has 0 spiro atoms. The molecule has 1 N–H and O–H groups in total. The number of nitrogens with one attached hydrogen (secondary N) is 1. The molecule has 1 aliphatic rings. The number of rotatable bonds is 6. The number of aromatic nitrogens is 3. The summed E-state index contributed by atoms with van der Waals surface area (Å²) < 4.78 is 7.53. The van der Waals surface area contributed by atoms with Crippen LogP contribution in [0.3, 0.4) is 0 Å². The van der Waals surface area contributed by atoms with Gasteiger partial charge in [0.1, 0.15) is 5.75 Å². The molecule has 1 fully saturated rings. The van der Waals surface area contributed by atoms with Crippen molar-refractivity contribution in [3.8, 4) is 11.4 Å². The standard InChI is InChI=1S/C25H23N5OS/c1-31-20-11-9-19(10-12-20)29-15-5-8-22(29)24-23(21-7-2-3-14-27-21)28-25(32)30(24)17-18-6-4-13-26-16-18/h2-16,23-24H,17H2,1H3,(H,28,32). The van der Waals surface area contributed by atoms with Crippen LogP contribution in [0.4, 0.5) is 0 Å². The molecule has 4 heterocycles. The number of nitrogens with zero attached hydrogens (tertiary/aromatic N) is 4. The lowest BCUT2D eigenvalue weighted by Gasteiger charge is -2.29. The third-order valence-corrected chi connectivity index (χ3v) is 6.06. The number of benzene rings is 1. The number of methoxy groups -OCH3 is 1. The highest BCUT2D eigenvalue weighted by molar-refractivity contribution is 7.80. The maximum absolute atomic E-state index is 5.80. The number of thiocarbonyl (C=S) groups is 1. The molecule has 0 aliphatic carbocycles. The van der Waals surface area contributed by atoms with E-state index in [2.05, 4.69) is 61.3 Å². The van der Waals surface area contributed by atoms with E-state index in [1.807, 2.05) is 48.8 Å². The van der Waals surface area contributed by atoms with Gasteiger partial charge in [0.2, 0.25) is 0 Å². The van der Waals surface area contributed by atoms with Crippen LogP contribution in [0.5, 0.6) is 5.75 Å². The van der Waals surface area contributed by atoms with Crippen LogP contribution in [0.2, 0.25) is 0 Å². The monoisotopic (exact) mass is 441 g/mol. The molecule has 0 radical (unpaired) electrons. The molecule has 0 saturated carbocycles. The molecule has 3 aromatic heterocycles. The zero-order valence-electron chi connectivity index (χ0n) is 17.6. The fourth-order valence-corrected chi connectivity index (χ4v) is 4.50. The van der Waals surface area contributed by atoms with E-state index in [0.717, 1.165) is 28.4 Å². The summed E-state index contributed by atoms with van der Waals surface area (Å²) in [5, 5.41) is 4.22. The van der Waals surface area contributed by atoms with E-state index in [-0.39, 0.29) is 12.1 Å². The maximum atomic E-state index is 5.80. The highest BCUT2D eigenvalue weighted by Crippen LogP contribution is 2.40. The summed E-state index contributed by atoms with van der Waals surface area (Å²) in [5.74, 6) is 0.829. The van der Waals surface area contributed by atoms with Gasteiger partial charge in [0.05, 0.1) is 24.9 Å². The van der Waals surface area contributed by atoms with Gasteiger partial charge >= 0.3 is 0 Å². The number of hydrogen-bond donors (Lipinski definition) is 1. The fraction of sp³-hybridized carbons (Fsp3) is 0.160. The Labute approximate surface area is 192 Å². The first-order valence-corrected chi connectivity index (χ1v) is 10.8. The first kappa shape index (κ1) is 20.2. The van der Waals surface area contributed by atoms with Crippen LogP contribution in [-0.2, 0) is 6.54 Å². The van der Waals surface area contributed by atoms with Crippen LogP contribution in [0.15, 0.2) is 91.5 Å². The van der Waals surface area contributed by atoms with Gasteiger partial charge in [-0.05, 0) is 72.4 Å². The Kier molecular flexibility index (Phi) is 5.56. The van der Waals surface area contributed by atoms with Crippen molar-refractivity contribution >= 4 is 17.3 Å². The Morgan fingerprint density at radius 2 is 1.88 bits per heavy atom. The van der Waals surface area contributed by atoms with E-state index in [1.165, 1.54) is 0 Å². The third-order valence-electron chi connectivity index (χ3n) is 5.71. The van der Waals surface area contributed by atoms with Gasteiger partial charge in [-0.2, -0.15) is 0 Å². The number of ether oxygens (including phenoxy) is 1. The number of hydrogen-bond acceptors (Lipinski definition) is 4. The van der Waals surface area contributed by atoms with Gasteiger partial charge in [-0.15, -0.1) is 0 Å². The maximum Gasteiger partial charge on any atom is 0.170 e. The molecule has 160 valence electrons. The summed E-state index contributed by atoms with van der Waals surface area (Å²) >= 11 is 5.80. The van der Waals surface area contributed by atoms with Crippen LogP contribution >= 0.6 is 12.2 Å². The zero-order chi connectivity index (χ0) is 21.9. The van der Waals surface area contributed by atoms with Crippen LogP contribution in [0.1, 0.15) is 29.0 Å². The molecule has 6 nitrogen and oxygen atoms in total. The Balaban J connectivity index is 1.58. The van der Waals surface area contributed by atoms with E-state index >= 15 is 0 Å². The van der Waals surface area contributed by atoms with Crippen LogP contribution in [0.25, 0.3) is 5.69 Å². The van der Waals surface area contributed by atoms with Crippen molar-refractivity contribution in [2.24, 2.45) is 0 Å². The van der Waals surface area contributed by atoms with E-state index in [0.29, 0.717) is 11.7 Å². The van der Waals surface area contributed by atoms with E-state index in [4.69, 9.17) is 17.0 Å². The van der Waals surface area contributed by atoms with Crippen molar-refractivity contribution in [1.82, 2.24) is 24.8 Å². The van der Waals surface area contributed by atoms with Crippen LogP contribution in [0, 0.1) is 0 Å². The molecule has 1 aliphatic heterocycles. The summed E-state index contributed by atoms with van der Waals surface area (Å²) in [6.45, 7) is 0.654. The fourth-order valence-electron chi connectivity index (χ4n) is 4.20. The normalized spacial score (nSPS) is 17.9. The Morgan fingerprint density at radius 3 is 2.59 bits per heavy atom. The van der Waals surface area contributed by atoms with Crippen LogP contribution < -0.4 is 10.1 Å². The topological polar surface area (TPSA) is 55.2 Å². The Hall–Kier alpha value is -3.71. The van der Waals surface area contributed by atoms with Crippen molar-refractivity contribution in [3.05, 3.63) is 108 Å². The highest BCUT2D eigenvalue weighted by atomic mass is 32.1. The quantitative estimate of drug-likeness (QED) is 0.446. The summed E-state index contributed by atoms with van der Waals surface area (Å²) in [4.78, 5) is 11.1. The lowest BCUT2D eigenvalue weighted by molar-refractivity contribution is 0.302. The van der Waals surface area contributed by atoms with Gasteiger partial charge in [0.15, 0.2) is 5.11 Å². The first-order valence-electron chi connectivity index (χ1n) is 10.4. The predicted molar refractivity (Wildman–Crippen MR) is 128 cm³/mol. The minimum atomic E-state index is -0.0766. The average Bonchev–Trinajstić information content (AvgIpc) is 3.45. The van der Waals surface area contributed by atoms with Gasteiger partial charge in [0.25, 0.3) is 0 Å². The second kappa shape index (κ2) is 8.80. The third kappa shape index (κ3) is 3.83. The van der Waals surface area contributed by atoms with Crippen molar-refractivity contribution in [1.29, 1.82) is 0 Å². The summed E-state index contributed by atoms with van der Waals surface area (Å²) in [7, 11) is 1.68. The molecule has 0 amide bonds. The molecule has 1 aromatic carbocycles. The summed E-state index contributed by atoms with van der Waals surface area (Å²) in [6.07, 6.45) is 7.57. The second-order valence-electron chi connectivity index (χ2n) is 7.62. The van der Waals surface area contributed by atoms with Gasteiger partial charge in [-0.1, -0.05) is 12.1 Å². The van der Waals surface area contributed by atoms with Gasteiger partial charge < -0.3 is 19.5 Å². The molecular weight excluding hydrogens is 418 g/mol. The van der Waals surface area contributed by atoms with Gasteiger partial charge in [-0.25, -0.2) is 0 Å². The number of pyridine rings is 2. The molecule has 2 atom stereocenters. The van der Waals surface area contributed by atoms with Crippen LogP contribution in [-0.4, -0.2) is 31.7 Å². The molecule has 7 heteroatoms. The lowest BCUT2D eigenvalue weighted by Crippen LogP contribution is -2.30. The summed E-state index contributed by atoms with van der Waals surface area (Å²) in [6, 6.07) is 22.2. The summed E-state index contributed by atoms with van der Waals surface area (Å²) in [5.41, 5.74) is 4.24. The van der Waals surface area contributed by atoms with Crippen molar-refractivity contribution < 1.29 is 4.74 Å². The SMILES string of the molecule is COc1ccc(-n2cccc2C2C(c3ccccn3)NC(=S)N2Cc2cccnc2)cc1. The minimum Gasteiger partial charge on any atom is -0.497 e. The van der Waals surface area contributed by atoms with E-state index in [1.54, 1.807) is 13.3 Å². The largest absolute Gasteiger partial charge is 0.497 e. The second-order valence-corrected chi connectivity index (χ2v) is 8.00. The van der Waals surface area contributed by atoms with E-state index in [9.17, 15) is 0 Å². The lowest BCUT2D eigenvalue weighted by atomic mass is 10.0. The molecular formula is C25H23N5OS. The van der Waals surface area contributed by atoms with Crippen molar-refractivity contribution in [3.63, 3.8) is 0 Å². The molecule has 0 bridgehead atoms. The average molecular weight is 442 g/mol. The highest BCUT2D eigenvalue weighted by Gasteiger charge is 2.41. The van der Waals surface area contributed by atoms with Gasteiger partial charge in [0, 0.05) is 42.7 Å². The van der Waals surface area contributed by atoms with Crippen molar-refractivity contribution in [2.45, 2.75) is 18.6 Å². The van der Waals surface area contributed by atoms with E-state index < -0.39 is 0 Å². The molecule has 1 saturated heterocycles. The molecule has 5 rings (SSSR count). The minimum absolute atomic E-state index is 0.0466. The van der Waals surface area contributed by atoms with Gasteiger partial charge in [-0.3, -0.25) is 9.97 Å². The smallest absolute Gasteiger partial charge is 0.170 e. The predicted octanol–water partition coefficient (Wildman–Crippen LogP) is 4.45. The Morgan fingerprint density at radius 1 is 1.00 bits per heavy atom. The first-order chi connectivity index (χ1) is 15.7. The zero-order valence-corrected chi connectivity index (χ0v) is 18.4. The molecule has 2 unspecified atom stereocenters. The molecule has 4 aromatic rings. The van der Waals surface area contributed by atoms with Crippen molar-refractivity contribution in [2.75, 3.05) is 7.11 Å². The molecule has 32 heavy (non-hydrogen) atoms. The Bertz CT molecular complexity index is 1190.